The van der Waals surface area contributed by atoms with Gasteiger partial charge in [-0.1, -0.05) is 31.4 Å². The Hall–Kier alpha value is -4.58. The first-order valence-corrected chi connectivity index (χ1v) is 14.8. The van der Waals surface area contributed by atoms with E-state index >= 15 is 0 Å². The maximum atomic E-state index is 12.8. The quantitative estimate of drug-likeness (QED) is 0.0528. The minimum atomic E-state index is -0.655. The number of nitrogens with zero attached hydrogens (tertiary/aromatic N) is 3. The number of fused-ring (bicyclic) bond motifs is 1. The van der Waals surface area contributed by atoms with Gasteiger partial charge in [-0.25, -0.2) is 0 Å². The normalized spacial score (nSPS) is 16.9. The second-order valence-electron chi connectivity index (χ2n) is 10.8. The van der Waals surface area contributed by atoms with Crippen LogP contribution in [0.15, 0.2) is 52.6 Å². The Morgan fingerprint density at radius 2 is 1.79 bits per heavy atom. The molecule has 0 saturated carbocycles. The smallest absolute Gasteiger partial charge is 0.255 e. The van der Waals surface area contributed by atoms with E-state index in [-0.39, 0.29) is 30.7 Å². The van der Waals surface area contributed by atoms with Gasteiger partial charge >= 0.3 is 0 Å². The average Bonchev–Trinajstić information content (AvgIpc) is 3.31. The Balaban J connectivity index is 1.05. The summed E-state index contributed by atoms with van der Waals surface area (Å²) in [7, 11) is 0. The fourth-order valence-electron chi connectivity index (χ4n) is 5.20. The average molecular weight is 589 g/mol. The molecule has 4 amide bonds. The Bertz CT molecular complexity index is 1370. The predicted molar refractivity (Wildman–Crippen MR) is 167 cm³/mol. The number of nitrogens with one attached hydrogen (secondary N) is 3. The lowest BCUT2D eigenvalue weighted by molar-refractivity contribution is -0.137. The Morgan fingerprint density at radius 1 is 1.02 bits per heavy atom. The highest BCUT2D eigenvalue weighted by Gasteiger charge is 2.39. The fraction of sp³-hybridized carbons (Fsp3) is 0.419. The van der Waals surface area contributed by atoms with Gasteiger partial charge in [0.2, 0.25) is 17.7 Å². The van der Waals surface area contributed by atoms with Crippen molar-refractivity contribution in [2.24, 2.45) is 15.9 Å². The van der Waals surface area contributed by atoms with Crippen LogP contribution in [-0.4, -0.2) is 66.1 Å². The third-order valence-electron chi connectivity index (χ3n) is 7.54. The first-order valence-electron chi connectivity index (χ1n) is 14.8. The zero-order valence-corrected chi connectivity index (χ0v) is 24.3. The third-order valence-corrected chi connectivity index (χ3v) is 7.54. The summed E-state index contributed by atoms with van der Waals surface area (Å²) in [5.74, 6) is 4.43. The van der Waals surface area contributed by atoms with Gasteiger partial charge in [0, 0.05) is 54.6 Å². The standard InChI is InChI=1S/C31H40N8O4/c32-23-9-7-21(8-10-23)26(38-33)19-35-17-16-34-15-5-3-1-2-4-6-28(40)36-24-11-12-25-22(18-24)20-39(31(25)43)27-13-14-29(41)37-30(27)42/h7-12,18-19,27,34H,1-6,13-17,20,32-33H2,(H,36,40)(H,37,41,42)/b35-19?,38-26+. The summed E-state index contributed by atoms with van der Waals surface area (Å²) in [6, 6.07) is 11.9. The molecule has 1 unspecified atom stereocenters. The minimum Gasteiger partial charge on any atom is -0.399 e. The van der Waals surface area contributed by atoms with Gasteiger partial charge < -0.3 is 27.1 Å². The number of benzene rings is 2. The number of unbranched alkanes of at least 4 members (excludes halogenated alkanes) is 4. The highest BCUT2D eigenvalue weighted by Crippen LogP contribution is 2.29. The number of anilines is 2. The Labute approximate surface area is 251 Å². The SMILES string of the molecule is N/N=C(\C=NCCNCCCCCCCC(=O)Nc1ccc2c(c1)CN(C1CCC(=O)NC1=O)C2=O)c1ccc(N)cc1. The molecule has 0 bridgehead atoms. The number of carbonyl (C=O) groups is 4. The summed E-state index contributed by atoms with van der Waals surface area (Å²) in [6.45, 7) is 2.58. The molecule has 12 nitrogen and oxygen atoms in total. The lowest BCUT2D eigenvalue weighted by atomic mass is 10.0. The number of rotatable bonds is 15. The number of amides is 4. The summed E-state index contributed by atoms with van der Waals surface area (Å²) in [5.41, 5.74) is 9.79. The van der Waals surface area contributed by atoms with Gasteiger partial charge in [-0.3, -0.25) is 29.5 Å². The zero-order chi connectivity index (χ0) is 30.6. The largest absolute Gasteiger partial charge is 0.399 e. The van der Waals surface area contributed by atoms with E-state index in [4.69, 9.17) is 11.6 Å². The van der Waals surface area contributed by atoms with Crippen molar-refractivity contribution in [1.29, 1.82) is 0 Å². The van der Waals surface area contributed by atoms with E-state index in [9.17, 15) is 19.2 Å². The lowest BCUT2D eigenvalue weighted by Gasteiger charge is -2.29. The summed E-state index contributed by atoms with van der Waals surface area (Å²) in [5, 5.41) is 12.4. The predicted octanol–water partition coefficient (Wildman–Crippen LogP) is 2.33. The minimum absolute atomic E-state index is 0.0623. The first-order chi connectivity index (χ1) is 20.9. The Kier molecular flexibility index (Phi) is 11.4. The van der Waals surface area contributed by atoms with Gasteiger partial charge in [0.15, 0.2) is 0 Å². The second kappa shape index (κ2) is 15.6. The number of nitrogen functional groups attached to an aromatic ring is 1. The van der Waals surface area contributed by atoms with E-state index in [1.807, 2.05) is 12.1 Å². The van der Waals surface area contributed by atoms with E-state index in [1.54, 1.807) is 36.5 Å². The summed E-state index contributed by atoms with van der Waals surface area (Å²) < 4.78 is 0. The molecule has 1 atom stereocenters. The van der Waals surface area contributed by atoms with Gasteiger partial charge in [0.25, 0.3) is 5.91 Å². The summed E-state index contributed by atoms with van der Waals surface area (Å²) in [6.07, 6.45) is 7.61. The topological polar surface area (TPSA) is 184 Å². The molecule has 1 saturated heterocycles. The van der Waals surface area contributed by atoms with Crippen LogP contribution in [0.25, 0.3) is 0 Å². The highest BCUT2D eigenvalue weighted by atomic mass is 16.2. The van der Waals surface area contributed by atoms with Crippen LogP contribution in [0, 0.1) is 0 Å². The van der Waals surface area contributed by atoms with Crippen molar-refractivity contribution in [2.45, 2.75) is 64.0 Å². The van der Waals surface area contributed by atoms with E-state index in [1.165, 1.54) is 4.90 Å². The zero-order valence-electron chi connectivity index (χ0n) is 24.3. The van der Waals surface area contributed by atoms with E-state index in [0.29, 0.717) is 42.0 Å². The Morgan fingerprint density at radius 3 is 2.56 bits per heavy atom. The van der Waals surface area contributed by atoms with Gasteiger partial charge in [-0.05, 0) is 61.7 Å². The monoisotopic (exact) mass is 588 g/mol. The molecule has 2 heterocycles. The molecular weight excluding hydrogens is 548 g/mol. The van der Waals surface area contributed by atoms with Crippen LogP contribution in [0.2, 0.25) is 0 Å². The fourth-order valence-corrected chi connectivity index (χ4v) is 5.20. The second-order valence-corrected chi connectivity index (χ2v) is 10.8. The number of hydrogen-bond acceptors (Lipinski definition) is 9. The molecule has 0 aromatic heterocycles. The third kappa shape index (κ3) is 8.95. The van der Waals surface area contributed by atoms with Crippen molar-refractivity contribution in [3.8, 4) is 0 Å². The van der Waals surface area contributed by atoms with Gasteiger partial charge in [0.1, 0.15) is 11.8 Å². The van der Waals surface area contributed by atoms with Crippen molar-refractivity contribution in [3.63, 3.8) is 0 Å². The molecule has 43 heavy (non-hydrogen) atoms. The van der Waals surface area contributed by atoms with Crippen LogP contribution >= 0.6 is 0 Å². The number of aliphatic imine (C=N–C) groups is 1. The van der Waals surface area contributed by atoms with Crippen molar-refractivity contribution in [3.05, 3.63) is 59.2 Å². The van der Waals surface area contributed by atoms with Gasteiger partial charge in [-0.2, -0.15) is 5.10 Å². The highest BCUT2D eigenvalue weighted by molar-refractivity contribution is 6.38. The number of hydrogen-bond donors (Lipinski definition) is 5. The molecule has 0 aliphatic carbocycles. The van der Waals surface area contributed by atoms with Crippen LogP contribution in [-0.2, 0) is 20.9 Å². The molecule has 2 aliphatic heterocycles. The van der Waals surface area contributed by atoms with Crippen molar-refractivity contribution in [1.82, 2.24) is 15.5 Å². The van der Waals surface area contributed by atoms with Crippen LogP contribution in [0.5, 0.6) is 0 Å². The van der Waals surface area contributed by atoms with Gasteiger partial charge in [0.05, 0.1) is 6.54 Å². The van der Waals surface area contributed by atoms with Crippen LogP contribution < -0.4 is 27.5 Å². The van der Waals surface area contributed by atoms with E-state index in [0.717, 1.165) is 56.3 Å². The van der Waals surface area contributed by atoms with Crippen LogP contribution in [0.3, 0.4) is 0 Å². The van der Waals surface area contributed by atoms with Crippen LogP contribution in [0.4, 0.5) is 11.4 Å². The molecule has 12 heteroatoms. The molecule has 7 N–H and O–H groups in total. The molecule has 4 rings (SSSR count). The molecule has 2 aromatic carbocycles. The maximum absolute atomic E-state index is 12.8. The summed E-state index contributed by atoms with van der Waals surface area (Å²) >= 11 is 0. The van der Waals surface area contributed by atoms with Crippen molar-refractivity contribution in [2.75, 3.05) is 30.7 Å². The number of carbonyl (C=O) groups excluding carboxylic acids is 4. The molecule has 1 fully saturated rings. The summed E-state index contributed by atoms with van der Waals surface area (Å²) in [4.78, 5) is 54.8. The molecule has 2 aliphatic rings. The van der Waals surface area contributed by atoms with Crippen LogP contribution in [0.1, 0.15) is 72.9 Å². The number of nitrogens with two attached hydrogens (primary N) is 2. The maximum Gasteiger partial charge on any atom is 0.255 e. The lowest BCUT2D eigenvalue weighted by Crippen LogP contribution is -2.52. The van der Waals surface area contributed by atoms with E-state index < -0.39 is 11.9 Å². The molecule has 0 spiro atoms. The molecule has 228 valence electrons. The number of hydrazone groups is 1. The molecule has 0 radical (unpaired) electrons. The van der Waals surface area contributed by atoms with Crippen molar-refractivity contribution >= 4 is 46.9 Å². The molecule has 2 aromatic rings. The van der Waals surface area contributed by atoms with Gasteiger partial charge in [-0.15, -0.1) is 0 Å². The number of imide groups is 1. The van der Waals surface area contributed by atoms with Crippen molar-refractivity contribution < 1.29 is 19.2 Å². The molecular formula is C31H40N8O4. The van der Waals surface area contributed by atoms with E-state index in [2.05, 4.69) is 26.0 Å². The number of piperidine rings is 1. The first kappa shape index (κ1) is 31.4.